The van der Waals surface area contributed by atoms with Crippen molar-refractivity contribution in [1.82, 2.24) is 0 Å². The van der Waals surface area contributed by atoms with E-state index in [0.29, 0.717) is 6.54 Å². The summed E-state index contributed by atoms with van der Waals surface area (Å²) in [6, 6.07) is 14.6. The fourth-order valence-corrected chi connectivity index (χ4v) is 4.20. The van der Waals surface area contributed by atoms with Gasteiger partial charge in [-0.1, -0.05) is 44.2 Å². The number of anilines is 1. The number of nitrogens with one attached hydrogen (secondary N) is 3. The molecule has 0 aliphatic carbocycles. The molecule has 0 radical (unpaired) electrons. The summed E-state index contributed by atoms with van der Waals surface area (Å²) in [7, 11) is 1.71. The van der Waals surface area contributed by atoms with E-state index in [1.54, 1.807) is 12.0 Å². The van der Waals surface area contributed by atoms with Gasteiger partial charge in [0.25, 0.3) is 5.91 Å². The highest BCUT2D eigenvalue weighted by molar-refractivity contribution is 5.93. The summed E-state index contributed by atoms with van der Waals surface area (Å²) in [6.45, 7) is 10.1. The Bertz CT molecular complexity index is 791. The van der Waals surface area contributed by atoms with Crippen molar-refractivity contribution in [1.29, 1.82) is 0 Å². The monoisotopic (exact) mass is 397 g/mol. The first-order chi connectivity index (χ1) is 14.1. The molecule has 1 heterocycles. The van der Waals surface area contributed by atoms with Crippen molar-refractivity contribution >= 4 is 11.6 Å². The minimum atomic E-state index is 0.131. The molecule has 3 rings (SSSR count). The molecule has 1 saturated heterocycles. The van der Waals surface area contributed by atoms with Gasteiger partial charge < -0.3 is 19.9 Å². The summed E-state index contributed by atoms with van der Waals surface area (Å²) in [4.78, 5) is 15.7. The number of piperazine rings is 1. The lowest BCUT2D eigenvalue weighted by atomic mass is 10.0. The zero-order chi connectivity index (χ0) is 20.6. The van der Waals surface area contributed by atoms with Crippen LogP contribution in [0.25, 0.3) is 0 Å². The number of methoxy groups -OCH3 is 1. The van der Waals surface area contributed by atoms with Crippen molar-refractivity contribution < 1.29 is 19.3 Å². The lowest BCUT2D eigenvalue weighted by Gasteiger charge is -2.29. The number of benzene rings is 2. The minimum absolute atomic E-state index is 0.131. The third kappa shape index (κ3) is 5.81. The fraction of sp³-hybridized carbons (Fsp3) is 0.458. The number of rotatable bonds is 8. The molecule has 2 aromatic carbocycles. The second kappa shape index (κ2) is 10.4. The smallest absolute Gasteiger partial charge is 0.279 e. The first kappa shape index (κ1) is 21.3. The van der Waals surface area contributed by atoms with E-state index in [9.17, 15) is 4.79 Å². The predicted octanol–water partition coefficient (Wildman–Crippen LogP) is 0.742. The van der Waals surface area contributed by atoms with E-state index in [1.807, 2.05) is 6.07 Å². The molecule has 1 amide bonds. The van der Waals surface area contributed by atoms with E-state index >= 15 is 0 Å². The Kier molecular flexibility index (Phi) is 7.67. The summed E-state index contributed by atoms with van der Waals surface area (Å²) >= 11 is 0. The van der Waals surface area contributed by atoms with Crippen LogP contribution in [0.2, 0.25) is 0 Å². The molecule has 3 N–H and O–H groups in total. The molecule has 5 nitrogen and oxygen atoms in total. The molecule has 0 aromatic heterocycles. The highest BCUT2D eigenvalue weighted by Gasteiger charge is 2.25. The SMILES string of the molecule is CCc1cccc(CC)c1NC(=O)C[NH+]1CC[NH+](Cc2cccc(OC)c2)CC1. The van der Waals surface area contributed by atoms with Crippen LogP contribution in [0.4, 0.5) is 5.69 Å². The van der Waals surface area contributed by atoms with Gasteiger partial charge in [-0.05, 0) is 36.1 Å². The van der Waals surface area contributed by atoms with Crippen molar-refractivity contribution in [3.05, 3.63) is 59.2 Å². The summed E-state index contributed by atoms with van der Waals surface area (Å²) in [5, 5.41) is 3.21. The van der Waals surface area contributed by atoms with Gasteiger partial charge in [0.15, 0.2) is 6.54 Å². The predicted molar refractivity (Wildman–Crippen MR) is 117 cm³/mol. The molecule has 0 spiro atoms. The molecule has 156 valence electrons. The molecule has 0 bridgehead atoms. The zero-order valence-electron chi connectivity index (χ0n) is 18.0. The molecule has 0 unspecified atom stereocenters. The third-order valence-corrected chi connectivity index (χ3v) is 5.93. The van der Waals surface area contributed by atoms with Crippen molar-refractivity contribution in [3.63, 3.8) is 0 Å². The Morgan fingerprint density at radius 3 is 2.21 bits per heavy atom. The highest BCUT2D eigenvalue weighted by atomic mass is 16.5. The van der Waals surface area contributed by atoms with Crippen LogP contribution in [0.1, 0.15) is 30.5 Å². The van der Waals surface area contributed by atoms with Gasteiger partial charge in [0.05, 0.1) is 7.11 Å². The number of hydrogen-bond donors (Lipinski definition) is 3. The minimum Gasteiger partial charge on any atom is -0.497 e. The number of carbonyl (C=O) groups is 1. The number of para-hydroxylation sites is 1. The Morgan fingerprint density at radius 2 is 1.59 bits per heavy atom. The molecule has 5 heteroatoms. The molecular formula is C24H35N3O2+2. The maximum atomic E-state index is 12.7. The van der Waals surface area contributed by atoms with E-state index in [-0.39, 0.29) is 5.91 Å². The van der Waals surface area contributed by atoms with Gasteiger partial charge in [0.2, 0.25) is 0 Å². The molecular weight excluding hydrogens is 362 g/mol. The maximum absolute atomic E-state index is 12.7. The van der Waals surface area contributed by atoms with Crippen LogP contribution in [0.3, 0.4) is 0 Å². The van der Waals surface area contributed by atoms with E-state index < -0.39 is 0 Å². The first-order valence-corrected chi connectivity index (χ1v) is 10.8. The second-order valence-corrected chi connectivity index (χ2v) is 7.91. The Morgan fingerprint density at radius 1 is 0.966 bits per heavy atom. The maximum Gasteiger partial charge on any atom is 0.279 e. The molecule has 1 aliphatic rings. The highest BCUT2D eigenvalue weighted by Crippen LogP contribution is 2.22. The second-order valence-electron chi connectivity index (χ2n) is 7.91. The Hall–Kier alpha value is -2.37. The van der Waals surface area contributed by atoms with E-state index in [1.165, 1.54) is 21.6 Å². The van der Waals surface area contributed by atoms with Crippen molar-refractivity contribution in [2.24, 2.45) is 0 Å². The van der Waals surface area contributed by atoms with E-state index in [4.69, 9.17) is 4.74 Å². The molecule has 1 aliphatic heterocycles. The molecule has 1 fully saturated rings. The number of amides is 1. The summed E-state index contributed by atoms with van der Waals surface area (Å²) < 4.78 is 5.33. The van der Waals surface area contributed by atoms with Crippen LogP contribution in [0.5, 0.6) is 5.75 Å². The first-order valence-electron chi connectivity index (χ1n) is 10.8. The van der Waals surface area contributed by atoms with Gasteiger partial charge in [0, 0.05) is 11.3 Å². The Labute approximate surface area is 174 Å². The normalized spacial score (nSPS) is 19.0. The average molecular weight is 398 g/mol. The summed E-state index contributed by atoms with van der Waals surface area (Å²) in [6.07, 6.45) is 1.87. The van der Waals surface area contributed by atoms with Gasteiger partial charge in [-0.25, -0.2) is 0 Å². The molecule has 2 aromatic rings. The average Bonchev–Trinajstić information content (AvgIpc) is 2.75. The van der Waals surface area contributed by atoms with Gasteiger partial charge in [0.1, 0.15) is 38.5 Å². The lowest BCUT2D eigenvalue weighted by Crippen LogP contribution is -3.28. The number of carbonyl (C=O) groups excluding carboxylic acids is 1. The van der Waals surface area contributed by atoms with Crippen LogP contribution in [-0.4, -0.2) is 45.7 Å². The molecule has 0 atom stereocenters. The Balaban J connectivity index is 1.50. The number of aryl methyl sites for hydroxylation is 2. The summed E-state index contributed by atoms with van der Waals surface area (Å²) in [5.41, 5.74) is 4.79. The fourth-order valence-electron chi connectivity index (χ4n) is 4.20. The van der Waals surface area contributed by atoms with Crippen LogP contribution in [0.15, 0.2) is 42.5 Å². The van der Waals surface area contributed by atoms with Crippen LogP contribution < -0.4 is 19.9 Å². The number of hydrogen-bond acceptors (Lipinski definition) is 2. The van der Waals surface area contributed by atoms with Gasteiger partial charge >= 0.3 is 0 Å². The lowest BCUT2D eigenvalue weighted by molar-refractivity contribution is -1.02. The van der Waals surface area contributed by atoms with Crippen molar-refractivity contribution in [3.8, 4) is 5.75 Å². The van der Waals surface area contributed by atoms with Crippen molar-refractivity contribution in [2.45, 2.75) is 33.2 Å². The van der Waals surface area contributed by atoms with Crippen LogP contribution in [-0.2, 0) is 24.2 Å². The largest absolute Gasteiger partial charge is 0.497 e. The number of ether oxygens (including phenoxy) is 1. The van der Waals surface area contributed by atoms with Crippen LogP contribution in [0, 0.1) is 0 Å². The molecule has 29 heavy (non-hydrogen) atoms. The van der Waals surface area contributed by atoms with E-state index in [0.717, 1.165) is 57.0 Å². The topological polar surface area (TPSA) is 47.2 Å². The van der Waals surface area contributed by atoms with Gasteiger partial charge in [-0.3, -0.25) is 4.79 Å². The zero-order valence-corrected chi connectivity index (χ0v) is 18.0. The number of quaternary nitrogens is 2. The van der Waals surface area contributed by atoms with Crippen molar-refractivity contribution in [2.75, 3.05) is 45.2 Å². The summed E-state index contributed by atoms with van der Waals surface area (Å²) in [5.74, 6) is 1.05. The van der Waals surface area contributed by atoms with Crippen LogP contribution >= 0.6 is 0 Å². The molecule has 0 saturated carbocycles. The van der Waals surface area contributed by atoms with E-state index in [2.05, 4.69) is 55.6 Å². The quantitative estimate of drug-likeness (QED) is 0.615. The van der Waals surface area contributed by atoms with Gasteiger partial charge in [-0.15, -0.1) is 0 Å². The van der Waals surface area contributed by atoms with Gasteiger partial charge in [-0.2, -0.15) is 0 Å². The third-order valence-electron chi connectivity index (χ3n) is 5.93. The standard InChI is InChI=1S/C24H33N3O2/c1-4-20-9-7-10-21(5-2)24(20)25-23(28)18-27-14-12-26(13-15-27)17-19-8-6-11-22(16-19)29-3/h6-11,16H,4-5,12-15,17-18H2,1-3H3,(H,25,28)/p+2.